The molecular formula is C14H21NO4S. The first-order chi connectivity index (χ1) is 9.38. The highest BCUT2D eigenvalue weighted by Crippen LogP contribution is 2.20. The Bertz CT molecular complexity index is 581. The van der Waals surface area contributed by atoms with Crippen LogP contribution in [0.4, 0.5) is 0 Å². The quantitative estimate of drug-likeness (QED) is 0.838. The van der Waals surface area contributed by atoms with Crippen molar-refractivity contribution >= 4 is 16.0 Å². The number of carboxylic acid groups (broad SMARTS) is 1. The highest BCUT2D eigenvalue weighted by molar-refractivity contribution is 7.89. The van der Waals surface area contributed by atoms with E-state index in [2.05, 4.69) is 0 Å². The SMILES string of the molecule is CCCN(CC)S(=O)(=O)c1ccc(CC)c(C(=O)O)c1. The predicted molar refractivity (Wildman–Crippen MR) is 77.5 cm³/mol. The van der Waals surface area contributed by atoms with E-state index in [0.29, 0.717) is 31.5 Å². The molecule has 20 heavy (non-hydrogen) atoms. The molecule has 1 rings (SSSR count). The molecule has 0 spiro atoms. The maximum Gasteiger partial charge on any atom is 0.336 e. The van der Waals surface area contributed by atoms with Crippen LogP contribution in [0.15, 0.2) is 23.1 Å². The minimum Gasteiger partial charge on any atom is -0.478 e. The highest BCUT2D eigenvalue weighted by Gasteiger charge is 2.24. The topological polar surface area (TPSA) is 74.7 Å². The summed E-state index contributed by atoms with van der Waals surface area (Å²) in [4.78, 5) is 11.3. The molecule has 0 saturated heterocycles. The second kappa shape index (κ2) is 6.85. The number of rotatable bonds is 7. The molecule has 0 bridgehead atoms. The Morgan fingerprint density at radius 1 is 1.25 bits per heavy atom. The number of carbonyl (C=O) groups is 1. The van der Waals surface area contributed by atoms with E-state index >= 15 is 0 Å². The summed E-state index contributed by atoms with van der Waals surface area (Å²) in [5.41, 5.74) is 0.691. The summed E-state index contributed by atoms with van der Waals surface area (Å²) < 4.78 is 26.3. The van der Waals surface area contributed by atoms with Crippen molar-refractivity contribution in [3.8, 4) is 0 Å². The molecule has 0 aliphatic heterocycles. The molecule has 1 aromatic carbocycles. The molecule has 1 aromatic rings. The van der Waals surface area contributed by atoms with Crippen LogP contribution in [0.25, 0.3) is 0 Å². The molecule has 0 heterocycles. The van der Waals surface area contributed by atoms with E-state index in [1.165, 1.54) is 16.4 Å². The first-order valence-corrected chi connectivity index (χ1v) is 8.18. The number of benzene rings is 1. The van der Waals surface area contributed by atoms with E-state index in [0.717, 1.165) is 0 Å². The maximum absolute atomic E-state index is 12.5. The van der Waals surface area contributed by atoms with Gasteiger partial charge in [-0.05, 0) is 30.5 Å². The first kappa shape index (κ1) is 16.7. The number of aryl methyl sites for hydroxylation is 1. The lowest BCUT2D eigenvalue weighted by Gasteiger charge is -2.20. The fourth-order valence-electron chi connectivity index (χ4n) is 2.07. The smallest absolute Gasteiger partial charge is 0.336 e. The molecule has 0 radical (unpaired) electrons. The van der Waals surface area contributed by atoms with Gasteiger partial charge in [0.25, 0.3) is 0 Å². The third-order valence-corrected chi connectivity index (χ3v) is 5.13. The molecule has 0 unspecified atom stereocenters. The summed E-state index contributed by atoms with van der Waals surface area (Å²) in [5.74, 6) is -1.10. The summed E-state index contributed by atoms with van der Waals surface area (Å²) in [6, 6.07) is 4.32. The number of carboxylic acids is 1. The van der Waals surface area contributed by atoms with Crippen LogP contribution in [0.1, 0.15) is 43.1 Å². The van der Waals surface area contributed by atoms with Crippen molar-refractivity contribution in [1.29, 1.82) is 0 Å². The Labute approximate surface area is 120 Å². The van der Waals surface area contributed by atoms with Crippen molar-refractivity contribution < 1.29 is 18.3 Å². The Balaban J connectivity index is 3.32. The lowest BCUT2D eigenvalue weighted by atomic mass is 10.1. The summed E-state index contributed by atoms with van der Waals surface area (Å²) in [7, 11) is -3.62. The summed E-state index contributed by atoms with van der Waals surface area (Å²) >= 11 is 0. The fraction of sp³-hybridized carbons (Fsp3) is 0.500. The van der Waals surface area contributed by atoms with E-state index in [1.807, 2.05) is 13.8 Å². The summed E-state index contributed by atoms with van der Waals surface area (Å²) in [6.07, 6.45) is 1.26. The normalized spacial score (nSPS) is 11.8. The largest absolute Gasteiger partial charge is 0.478 e. The molecule has 0 fully saturated rings. The third-order valence-electron chi connectivity index (χ3n) is 3.16. The van der Waals surface area contributed by atoms with Gasteiger partial charge in [0, 0.05) is 13.1 Å². The van der Waals surface area contributed by atoms with Crippen molar-refractivity contribution in [2.24, 2.45) is 0 Å². The van der Waals surface area contributed by atoms with E-state index in [4.69, 9.17) is 0 Å². The zero-order valence-electron chi connectivity index (χ0n) is 12.1. The minimum absolute atomic E-state index is 0.0439. The van der Waals surface area contributed by atoms with Crippen molar-refractivity contribution in [3.05, 3.63) is 29.3 Å². The Kier molecular flexibility index (Phi) is 5.71. The van der Waals surface area contributed by atoms with Gasteiger partial charge in [-0.3, -0.25) is 0 Å². The van der Waals surface area contributed by atoms with E-state index < -0.39 is 16.0 Å². The summed E-state index contributed by atoms with van der Waals surface area (Å²) in [6.45, 7) is 6.31. The Hall–Kier alpha value is -1.40. The average molecular weight is 299 g/mol. The van der Waals surface area contributed by atoms with Crippen LogP contribution in [0.3, 0.4) is 0 Å². The van der Waals surface area contributed by atoms with Crippen LogP contribution >= 0.6 is 0 Å². The number of hydrogen-bond donors (Lipinski definition) is 1. The van der Waals surface area contributed by atoms with Crippen molar-refractivity contribution in [2.45, 2.75) is 38.5 Å². The number of hydrogen-bond acceptors (Lipinski definition) is 3. The maximum atomic E-state index is 12.5. The van der Waals surface area contributed by atoms with Gasteiger partial charge < -0.3 is 5.11 Å². The minimum atomic E-state index is -3.62. The molecule has 112 valence electrons. The standard InChI is InChI=1S/C14H21NO4S/c1-4-9-15(6-3)20(18,19)12-8-7-11(5-2)13(10-12)14(16)17/h7-8,10H,4-6,9H2,1-3H3,(H,16,17). The van der Waals surface area contributed by atoms with Crippen LogP contribution < -0.4 is 0 Å². The van der Waals surface area contributed by atoms with Crippen LogP contribution in [0.5, 0.6) is 0 Å². The van der Waals surface area contributed by atoms with Crippen LogP contribution in [0, 0.1) is 0 Å². The van der Waals surface area contributed by atoms with E-state index in [1.54, 1.807) is 13.0 Å². The second-order valence-electron chi connectivity index (χ2n) is 4.47. The Morgan fingerprint density at radius 3 is 2.35 bits per heavy atom. The average Bonchev–Trinajstić information content (AvgIpc) is 2.43. The number of sulfonamides is 1. The molecule has 0 saturated carbocycles. The third kappa shape index (κ3) is 3.37. The molecule has 5 nitrogen and oxygen atoms in total. The fourth-order valence-corrected chi connectivity index (χ4v) is 3.64. The van der Waals surface area contributed by atoms with Gasteiger partial charge in [-0.2, -0.15) is 4.31 Å². The van der Waals surface area contributed by atoms with Gasteiger partial charge in [0.05, 0.1) is 10.5 Å². The lowest BCUT2D eigenvalue weighted by molar-refractivity contribution is 0.0695. The zero-order chi connectivity index (χ0) is 15.3. The van der Waals surface area contributed by atoms with Crippen LogP contribution in [0.2, 0.25) is 0 Å². The number of aromatic carboxylic acids is 1. The molecule has 0 aliphatic carbocycles. The monoisotopic (exact) mass is 299 g/mol. The van der Waals surface area contributed by atoms with E-state index in [-0.39, 0.29) is 10.5 Å². The number of nitrogens with zero attached hydrogens (tertiary/aromatic N) is 1. The van der Waals surface area contributed by atoms with Gasteiger partial charge in [0.1, 0.15) is 0 Å². The zero-order valence-corrected chi connectivity index (χ0v) is 12.9. The van der Waals surface area contributed by atoms with Crippen molar-refractivity contribution in [3.63, 3.8) is 0 Å². The molecule has 0 amide bonds. The summed E-state index contributed by atoms with van der Waals surface area (Å²) in [5, 5.41) is 9.18. The second-order valence-corrected chi connectivity index (χ2v) is 6.41. The van der Waals surface area contributed by atoms with Crippen molar-refractivity contribution in [1.82, 2.24) is 4.31 Å². The van der Waals surface area contributed by atoms with Crippen LogP contribution in [-0.2, 0) is 16.4 Å². The molecule has 0 atom stereocenters. The molecule has 0 aromatic heterocycles. The molecule has 6 heteroatoms. The van der Waals surface area contributed by atoms with Gasteiger partial charge in [0.15, 0.2) is 0 Å². The predicted octanol–water partition coefficient (Wildman–Crippen LogP) is 2.37. The van der Waals surface area contributed by atoms with Gasteiger partial charge in [-0.1, -0.05) is 26.8 Å². The van der Waals surface area contributed by atoms with Gasteiger partial charge >= 0.3 is 5.97 Å². The van der Waals surface area contributed by atoms with Crippen molar-refractivity contribution in [2.75, 3.05) is 13.1 Å². The first-order valence-electron chi connectivity index (χ1n) is 6.74. The van der Waals surface area contributed by atoms with E-state index in [9.17, 15) is 18.3 Å². The lowest BCUT2D eigenvalue weighted by Crippen LogP contribution is -2.31. The highest BCUT2D eigenvalue weighted by atomic mass is 32.2. The Morgan fingerprint density at radius 2 is 1.90 bits per heavy atom. The van der Waals surface area contributed by atoms with Crippen LogP contribution in [-0.4, -0.2) is 36.9 Å². The van der Waals surface area contributed by atoms with Gasteiger partial charge in [-0.15, -0.1) is 0 Å². The van der Waals surface area contributed by atoms with Gasteiger partial charge in [-0.25, -0.2) is 13.2 Å². The molecule has 1 N–H and O–H groups in total. The molecule has 0 aliphatic rings. The van der Waals surface area contributed by atoms with Gasteiger partial charge in [0.2, 0.25) is 10.0 Å². The molecular weight excluding hydrogens is 278 g/mol.